The van der Waals surface area contributed by atoms with E-state index in [1.807, 2.05) is 26.1 Å². The van der Waals surface area contributed by atoms with E-state index >= 15 is 0 Å². The van der Waals surface area contributed by atoms with Gasteiger partial charge in [0.05, 0.1) is 19.9 Å². The van der Waals surface area contributed by atoms with E-state index in [0.29, 0.717) is 11.5 Å². The largest absolute Gasteiger partial charge is 0.491 e. The van der Waals surface area contributed by atoms with Crippen LogP contribution in [-0.4, -0.2) is 25.1 Å². The molecule has 1 amide bonds. The lowest BCUT2D eigenvalue weighted by Crippen LogP contribution is -2.17. The predicted molar refractivity (Wildman–Crippen MR) is 67.4 cm³/mol. The number of ether oxygens (including phenoxy) is 2. The van der Waals surface area contributed by atoms with Crippen molar-refractivity contribution in [2.45, 2.75) is 13.8 Å². The molecule has 96 valence electrons. The van der Waals surface area contributed by atoms with Crippen LogP contribution in [0.5, 0.6) is 0 Å². The molecule has 0 saturated heterocycles. The van der Waals surface area contributed by atoms with Crippen molar-refractivity contribution in [1.29, 1.82) is 0 Å². The van der Waals surface area contributed by atoms with E-state index in [9.17, 15) is 4.79 Å². The van der Waals surface area contributed by atoms with Crippen LogP contribution >= 0.6 is 0 Å². The van der Waals surface area contributed by atoms with E-state index in [4.69, 9.17) is 9.47 Å². The van der Waals surface area contributed by atoms with Crippen molar-refractivity contribution in [2.24, 2.45) is 0 Å². The van der Waals surface area contributed by atoms with Crippen LogP contribution in [0.15, 0.2) is 23.4 Å². The van der Waals surface area contributed by atoms with Crippen LogP contribution in [0.25, 0.3) is 6.08 Å². The summed E-state index contributed by atoms with van der Waals surface area (Å²) in [5.74, 6) is 0.334. The second-order valence-corrected chi connectivity index (χ2v) is 4.09. The third-order valence-corrected chi connectivity index (χ3v) is 3.04. The Morgan fingerprint density at radius 2 is 1.83 bits per heavy atom. The molecule has 0 unspecified atom stereocenters. The molecule has 0 aromatic carbocycles. The molecule has 5 nitrogen and oxygen atoms in total. The molecule has 0 saturated carbocycles. The van der Waals surface area contributed by atoms with Crippen LogP contribution in [0.4, 0.5) is 0 Å². The maximum absolute atomic E-state index is 11.6. The zero-order valence-corrected chi connectivity index (χ0v) is 10.9. The third-order valence-electron chi connectivity index (χ3n) is 3.04. The van der Waals surface area contributed by atoms with Crippen molar-refractivity contribution < 1.29 is 14.3 Å². The maximum Gasteiger partial charge on any atom is 0.294 e. The molecule has 0 fully saturated rings. The van der Waals surface area contributed by atoms with Gasteiger partial charge in [-0.1, -0.05) is 0 Å². The van der Waals surface area contributed by atoms with E-state index in [1.54, 1.807) is 0 Å². The highest BCUT2D eigenvalue weighted by Crippen LogP contribution is 2.24. The summed E-state index contributed by atoms with van der Waals surface area (Å²) in [6, 6.07) is 0. The number of amides is 1. The number of carbonyl (C=O) groups is 1. The van der Waals surface area contributed by atoms with Crippen molar-refractivity contribution in [2.75, 3.05) is 14.2 Å². The molecule has 1 aliphatic rings. The number of hydrogen-bond donors (Lipinski definition) is 2. The average molecular weight is 248 g/mol. The van der Waals surface area contributed by atoms with Crippen molar-refractivity contribution in [1.82, 2.24) is 10.3 Å². The van der Waals surface area contributed by atoms with Gasteiger partial charge in [0.15, 0.2) is 5.76 Å². The van der Waals surface area contributed by atoms with Gasteiger partial charge >= 0.3 is 0 Å². The number of H-pyrrole nitrogens is 1. The molecule has 1 aliphatic heterocycles. The van der Waals surface area contributed by atoms with Crippen LogP contribution in [0, 0.1) is 13.8 Å². The van der Waals surface area contributed by atoms with E-state index in [-0.39, 0.29) is 11.7 Å². The summed E-state index contributed by atoms with van der Waals surface area (Å²) >= 11 is 0. The fraction of sp³-hybridized carbons (Fsp3) is 0.308. The van der Waals surface area contributed by atoms with Crippen LogP contribution in [0.2, 0.25) is 0 Å². The highest BCUT2D eigenvalue weighted by molar-refractivity contribution is 5.99. The first kappa shape index (κ1) is 12.3. The van der Waals surface area contributed by atoms with Crippen LogP contribution < -0.4 is 5.32 Å². The van der Waals surface area contributed by atoms with Crippen molar-refractivity contribution >= 4 is 12.0 Å². The van der Waals surface area contributed by atoms with E-state index in [0.717, 1.165) is 11.3 Å². The Morgan fingerprint density at radius 3 is 2.33 bits per heavy atom. The summed E-state index contributed by atoms with van der Waals surface area (Å²) in [4.78, 5) is 14.8. The minimum Gasteiger partial charge on any atom is -0.491 e. The highest BCUT2D eigenvalue weighted by Gasteiger charge is 2.29. The molecule has 0 radical (unpaired) electrons. The van der Waals surface area contributed by atoms with Gasteiger partial charge in [-0.15, -0.1) is 0 Å². The molecule has 2 heterocycles. The number of aromatic nitrogens is 1. The van der Waals surface area contributed by atoms with E-state index in [2.05, 4.69) is 10.3 Å². The first-order valence-electron chi connectivity index (χ1n) is 5.58. The number of rotatable bonds is 3. The Hall–Kier alpha value is -2.17. The molecular weight excluding hydrogens is 232 g/mol. The SMILES string of the molecule is COC1=C(OC)/C(=C/c2[nH]cc(C)c2C)NC1=O. The topological polar surface area (TPSA) is 63.4 Å². The summed E-state index contributed by atoms with van der Waals surface area (Å²) in [5.41, 5.74) is 3.85. The second kappa shape index (κ2) is 4.60. The van der Waals surface area contributed by atoms with Crippen LogP contribution in [-0.2, 0) is 14.3 Å². The van der Waals surface area contributed by atoms with Gasteiger partial charge in [-0.25, -0.2) is 0 Å². The highest BCUT2D eigenvalue weighted by atomic mass is 16.5. The van der Waals surface area contributed by atoms with Gasteiger partial charge in [0.25, 0.3) is 5.91 Å². The van der Waals surface area contributed by atoms with Crippen molar-refractivity contribution in [3.05, 3.63) is 40.2 Å². The maximum atomic E-state index is 11.6. The minimum atomic E-state index is -0.290. The second-order valence-electron chi connectivity index (χ2n) is 4.09. The van der Waals surface area contributed by atoms with E-state index < -0.39 is 0 Å². The lowest BCUT2D eigenvalue weighted by atomic mass is 10.1. The molecule has 1 aromatic rings. The Balaban J connectivity index is 2.43. The molecule has 0 bridgehead atoms. The fourth-order valence-corrected chi connectivity index (χ4v) is 1.86. The summed E-state index contributed by atoms with van der Waals surface area (Å²) in [6.07, 6.45) is 3.76. The quantitative estimate of drug-likeness (QED) is 0.854. The molecule has 0 spiro atoms. The van der Waals surface area contributed by atoms with Crippen LogP contribution in [0.1, 0.15) is 16.8 Å². The van der Waals surface area contributed by atoms with Gasteiger partial charge in [-0.05, 0) is 31.1 Å². The summed E-state index contributed by atoms with van der Waals surface area (Å²) in [5, 5.41) is 2.72. The van der Waals surface area contributed by atoms with Gasteiger partial charge in [0.1, 0.15) is 0 Å². The zero-order chi connectivity index (χ0) is 13.3. The smallest absolute Gasteiger partial charge is 0.294 e. The number of aryl methyl sites for hydroxylation is 1. The van der Waals surface area contributed by atoms with Gasteiger partial charge in [-0.2, -0.15) is 0 Å². The normalized spacial score (nSPS) is 17.3. The number of aromatic amines is 1. The lowest BCUT2D eigenvalue weighted by molar-refractivity contribution is -0.119. The summed E-state index contributed by atoms with van der Waals surface area (Å²) < 4.78 is 10.2. The number of nitrogens with one attached hydrogen (secondary N) is 2. The van der Waals surface area contributed by atoms with Gasteiger partial charge < -0.3 is 19.8 Å². The average Bonchev–Trinajstić information content (AvgIpc) is 2.83. The minimum absolute atomic E-state index is 0.199. The Kier molecular flexibility index (Phi) is 3.14. The Morgan fingerprint density at radius 1 is 1.17 bits per heavy atom. The van der Waals surface area contributed by atoms with Crippen molar-refractivity contribution in [3.63, 3.8) is 0 Å². The first-order valence-corrected chi connectivity index (χ1v) is 5.58. The first-order chi connectivity index (χ1) is 8.58. The monoisotopic (exact) mass is 248 g/mol. The predicted octanol–water partition coefficient (Wildman–Crippen LogP) is 1.61. The molecule has 2 rings (SSSR count). The number of hydrogen-bond acceptors (Lipinski definition) is 3. The lowest BCUT2D eigenvalue weighted by Gasteiger charge is -2.04. The Bertz CT molecular complexity index is 553. The fourth-order valence-electron chi connectivity index (χ4n) is 1.86. The van der Waals surface area contributed by atoms with Crippen LogP contribution in [0.3, 0.4) is 0 Å². The zero-order valence-electron chi connectivity index (χ0n) is 10.9. The summed E-state index contributed by atoms with van der Waals surface area (Å²) in [7, 11) is 2.95. The summed E-state index contributed by atoms with van der Waals surface area (Å²) in [6.45, 7) is 4.04. The molecule has 0 atom stereocenters. The third kappa shape index (κ3) is 1.88. The Labute approximate surface area is 105 Å². The molecule has 1 aromatic heterocycles. The molecular formula is C13H16N2O3. The molecule has 18 heavy (non-hydrogen) atoms. The van der Waals surface area contributed by atoms with Crippen molar-refractivity contribution in [3.8, 4) is 0 Å². The van der Waals surface area contributed by atoms with Gasteiger partial charge in [-0.3, -0.25) is 4.79 Å². The van der Waals surface area contributed by atoms with Gasteiger partial charge in [0, 0.05) is 11.9 Å². The number of methoxy groups -OCH3 is 2. The number of carbonyl (C=O) groups excluding carboxylic acids is 1. The van der Waals surface area contributed by atoms with E-state index in [1.165, 1.54) is 19.8 Å². The molecule has 5 heteroatoms. The standard InChI is InChI=1S/C13H16N2O3/c1-7-6-14-9(8(7)2)5-10-11(17-3)12(18-4)13(16)15-10/h5-6,14H,1-4H3,(H,15,16)/b10-5-. The van der Waals surface area contributed by atoms with Gasteiger partial charge in [0.2, 0.25) is 5.76 Å². The molecule has 0 aliphatic carbocycles. The molecule has 2 N–H and O–H groups in total.